The van der Waals surface area contributed by atoms with Gasteiger partial charge in [-0.1, -0.05) is 13.3 Å². The zero-order valence-corrected chi connectivity index (χ0v) is 12.7. The van der Waals surface area contributed by atoms with Crippen LogP contribution in [0.1, 0.15) is 48.3 Å². The van der Waals surface area contributed by atoms with Crippen molar-refractivity contribution in [2.24, 2.45) is 5.11 Å². The molecular weight excluding hydrogens is 284 g/mol. The predicted molar refractivity (Wildman–Crippen MR) is 82.3 cm³/mol. The lowest BCUT2D eigenvalue weighted by atomic mass is 10.0. The van der Waals surface area contributed by atoms with Crippen LogP contribution in [0.5, 0.6) is 0 Å². The highest BCUT2D eigenvalue weighted by Crippen LogP contribution is 2.32. The van der Waals surface area contributed by atoms with Crippen molar-refractivity contribution in [1.29, 1.82) is 5.53 Å². The molecule has 2 aromatic heterocycles. The molecule has 2 aromatic rings. The quantitative estimate of drug-likeness (QED) is 0.808. The van der Waals surface area contributed by atoms with Crippen LogP contribution >= 0.6 is 11.3 Å². The zero-order valence-electron chi connectivity index (χ0n) is 11.9. The van der Waals surface area contributed by atoms with Crippen LogP contribution in [0.15, 0.2) is 34.9 Å². The Bertz CT molecular complexity index is 660. The van der Waals surface area contributed by atoms with Gasteiger partial charge in [-0.15, -0.1) is 11.3 Å². The molecule has 0 spiro atoms. The summed E-state index contributed by atoms with van der Waals surface area (Å²) in [6.45, 7) is 2.09. The molecule has 0 aliphatic carbocycles. The number of rotatable bonds is 5. The molecule has 110 valence electrons. The van der Waals surface area contributed by atoms with Gasteiger partial charge in [-0.2, -0.15) is 5.11 Å². The number of carbonyl (C=O) groups is 1. The summed E-state index contributed by atoms with van der Waals surface area (Å²) in [7, 11) is 0. The fourth-order valence-corrected chi connectivity index (χ4v) is 3.75. The Balaban J connectivity index is 1.96. The molecule has 3 heterocycles. The maximum absolute atomic E-state index is 12.4. The highest BCUT2D eigenvalue weighted by atomic mass is 32.1. The lowest BCUT2D eigenvalue weighted by molar-refractivity contribution is 0.0935. The largest absolute Gasteiger partial charge is 0.344 e. The van der Waals surface area contributed by atoms with Crippen molar-refractivity contribution >= 4 is 17.2 Å². The number of nitrogens with zero attached hydrogens (tertiary/aromatic N) is 2. The lowest BCUT2D eigenvalue weighted by Crippen LogP contribution is -2.29. The fourth-order valence-electron chi connectivity index (χ4n) is 2.85. The number of thiophene rings is 1. The van der Waals surface area contributed by atoms with Crippen molar-refractivity contribution in [3.8, 4) is 5.00 Å². The van der Waals surface area contributed by atoms with Gasteiger partial charge in [0.2, 0.25) is 0 Å². The Hall–Kier alpha value is -1.95. The van der Waals surface area contributed by atoms with Crippen molar-refractivity contribution in [1.82, 2.24) is 9.88 Å². The maximum atomic E-state index is 12.4. The Kier molecular flexibility index (Phi) is 3.88. The summed E-state index contributed by atoms with van der Waals surface area (Å²) in [5.41, 5.74) is 9.12. The number of fused-ring (bicyclic) bond motifs is 3. The van der Waals surface area contributed by atoms with Gasteiger partial charge in [-0.05, 0) is 36.4 Å². The third-order valence-electron chi connectivity index (χ3n) is 3.86. The summed E-state index contributed by atoms with van der Waals surface area (Å²) in [6, 6.07) is 5.75. The van der Waals surface area contributed by atoms with Gasteiger partial charge in [0, 0.05) is 11.9 Å². The van der Waals surface area contributed by atoms with E-state index in [0.29, 0.717) is 6.42 Å². The van der Waals surface area contributed by atoms with Gasteiger partial charge in [0.1, 0.15) is 5.00 Å². The average molecular weight is 302 g/mol. The third-order valence-corrected chi connectivity index (χ3v) is 4.78. The first-order chi connectivity index (χ1) is 10.2. The van der Waals surface area contributed by atoms with Crippen molar-refractivity contribution in [2.75, 3.05) is 0 Å². The van der Waals surface area contributed by atoms with Gasteiger partial charge in [0.25, 0.3) is 5.91 Å². The molecule has 2 atom stereocenters. The maximum Gasteiger partial charge on any atom is 0.254 e. The Labute approximate surface area is 127 Å². The zero-order chi connectivity index (χ0) is 14.8. The van der Waals surface area contributed by atoms with Crippen LogP contribution in [0.3, 0.4) is 0 Å². The van der Waals surface area contributed by atoms with Crippen LogP contribution in [0.4, 0.5) is 0 Å². The Morgan fingerprint density at radius 1 is 1.52 bits per heavy atom. The number of carbonyl (C=O) groups excluding carboxylic acids is 1. The molecule has 5 nitrogen and oxygen atoms in total. The van der Waals surface area contributed by atoms with E-state index in [9.17, 15) is 4.79 Å². The average Bonchev–Trinajstić information content (AvgIpc) is 3.11. The molecule has 1 aliphatic rings. The van der Waals surface area contributed by atoms with E-state index < -0.39 is 0 Å². The van der Waals surface area contributed by atoms with E-state index in [1.807, 2.05) is 29.8 Å². The van der Waals surface area contributed by atoms with E-state index in [1.54, 1.807) is 11.3 Å². The predicted octanol–water partition coefficient (Wildman–Crippen LogP) is 3.91. The number of amides is 1. The molecule has 0 aromatic carbocycles. The van der Waals surface area contributed by atoms with E-state index in [4.69, 9.17) is 5.53 Å². The van der Waals surface area contributed by atoms with Crippen LogP contribution in [0.25, 0.3) is 5.00 Å². The van der Waals surface area contributed by atoms with Gasteiger partial charge in [0.15, 0.2) is 0 Å². The molecule has 1 amide bonds. The fraction of sp³-hybridized carbons (Fsp3) is 0.400. The highest BCUT2D eigenvalue weighted by Gasteiger charge is 2.28. The molecule has 0 fully saturated rings. The van der Waals surface area contributed by atoms with Gasteiger partial charge >= 0.3 is 0 Å². The van der Waals surface area contributed by atoms with Crippen LogP contribution < -0.4 is 5.32 Å². The second-order valence-electron chi connectivity index (χ2n) is 5.28. The molecule has 0 saturated carbocycles. The molecule has 21 heavy (non-hydrogen) atoms. The minimum atomic E-state index is -0.0993. The van der Waals surface area contributed by atoms with E-state index in [-0.39, 0.29) is 18.0 Å². The van der Waals surface area contributed by atoms with Crippen molar-refractivity contribution in [3.05, 3.63) is 41.0 Å². The van der Waals surface area contributed by atoms with Gasteiger partial charge in [0.05, 0.1) is 17.6 Å². The number of hydrogen-bond donors (Lipinski definition) is 2. The molecule has 2 N–H and O–H groups in total. The van der Waals surface area contributed by atoms with Crippen LogP contribution in [0.2, 0.25) is 0 Å². The first-order valence-electron chi connectivity index (χ1n) is 7.17. The van der Waals surface area contributed by atoms with Crippen molar-refractivity contribution in [3.63, 3.8) is 0 Å². The standard InChI is InChI=1S/C15H18N4OS/c1-2-4-10(18-16)9-12-13-5-3-7-19(13)15-11(6-8-21-15)14(20)17-12/h3,5-8,10,12,16H,2,4,9H2,1H3,(H,17,20). The molecule has 2 unspecified atom stereocenters. The minimum absolute atomic E-state index is 0.0415. The monoisotopic (exact) mass is 302 g/mol. The highest BCUT2D eigenvalue weighted by molar-refractivity contribution is 7.13. The summed E-state index contributed by atoms with van der Waals surface area (Å²) in [5, 5.41) is 9.70. The SMILES string of the molecule is CCCC(CC1NC(=O)c2ccsc2-n2cccc21)N=N. The van der Waals surface area contributed by atoms with E-state index >= 15 is 0 Å². The number of nitrogens with one attached hydrogen (secondary N) is 2. The molecule has 6 heteroatoms. The van der Waals surface area contributed by atoms with Crippen molar-refractivity contribution in [2.45, 2.75) is 38.3 Å². The summed E-state index contributed by atoms with van der Waals surface area (Å²) in [5.74, 6) is -0.0415. The Morgan fingerprint density at radius 2 is 2.38 bits per heavy atom. The van der Waals surface area contributed by atoms with E-state index in [0.717, 1.165) is 29.1 Å². The summed E-state index contributed by atoms with van der Waals surface area (Å²) >= 11 is 1.57. The summed E-state index contributed by atoms with van der Waals surface area (Å²) < 4.78 is 2.08. The van der Waals surface area contributed by atoms with Crippen LogP contribution in [-0.4, -0.2) is 16.5 Å². The third kappa shape index (κ3) is 2.51. The molecule has 0 bridgehead atoms. The van der Waals surface area contributed by atoms with Gasteiger partial charge in [-0.25, -0.2) is 5.53 Å². The summed E-state index contributed by atoms with van der Waals surface area (Å²) in [6.07, 6.45) is 4.52. The molecule has 0 radical (unpaired) electrons. The number of hydrogen-bond acceptors (Lipinski definition) is 4. The second kappa shape index (κ2) is 5.81. The normalized spacial score (nSPS) is 18.3. The lowest BCUT2D eigenvalue weighted by Gasteiger charge is -2.20. The summed E-state index contributed by atoms with van der Waals surface area (Å²) in [4.78, 5) is 12.4. The molecule has 1 aliphatic heterocycles. The van der Waals surface area contributed by atoms with E-state index in [1.165, 1.54) is 0 Å². The second-order valence-corrected chi connectivity index (χ2v) is 6.17. The first kappa shape index (κ1) is 14.0. The molecular formula is C15H18N4OS. The molecule has 0 saturated heterocycles. The van der Waals surface area contributed by atoms with E-state index in [2.05, 4.69) is 21.9 Å². The minimum Gasteiger partial charge on any atom is -0.344 e. The smallest absolute Gasteiger partial charge is 0.254 e. The first-order valence-corrected chi connectivity index (χ1v) is 8.05. The van der Waals surface area contributed by atoms with Crippen LogP contribution in [0, 0.1) is 5.53 Å². The number of aromatic nitrogens is 1. The topological polar surface area (TPSA) is 70.2 Å². The van der Waals surface area contributed by atoms with Gasteiger partial charge in [-0.3, -0.25) is 4.79 Å². The Morgan fingerprint density at radius 3 is 3.14 bits per heavy atom. The molecule has 3 rings (SSSR count). The van der Waals surface area contributed by atoms with Crippen LogP contribution in [-0.2, 0) is 0 Å². The van der Waals surface area contributed by atoms with Gasteiger partial charge < -0.3 is 9.88 Å². The van der Waals surface area contributed by atoms with Crippen molar-refractivity contribution < 1.29 is 4.79 Å².